The van der Waals surface area contributed by atoms with E-state index in [-0.39, 0.29) is 64.0 Å². The molecule has 0 spiro atoms. The first-order chi connectivity index (χ1) is 13.9. The maximum Gasteiger partial charge on any atom is 1.00 e. The monoisotopic (exact) mass is 516 g/mol. The molecular weight excluding hydrogens is 506 g/mol. The second-order valence-corrected chi connectivity index (χ2v) is 9.97. The molecule has 10 nitrogen and oxygen atoms in total. The van der Waals surface area contributed by atoms with E-state index in [2.05, 4.69) is 29.3 Å². The molecule has 4 rings (SSSR count). The molecule has 0 saturated carbocycles. The number of benzene rings is 2. The predicted octanol–water partition coefficient (Wildman–Crippen LogP) is -3.58. The standard InChI is InChI=1S/C15H12N4O6S4.2Na/c20-24-25-28-8-1-3-10-12(5-8)18-14(16-10)26-7-27-15-17-11-4-2-9(29(21,22)23)6-13(11)19-15;;/h1-6,20H,7H2,(H,16,18)(H,17,19)(H,21,22,23);;/q;2*+1/p-2. The van der Waals surface area contributed by atoms with Crippen molar-refractivity contribution in [1.29, 1.82) is 0 Å². The van der Waals surface area contributed by atoms with E-state index in [1.807, 2.05) is 0 Å². The third-order valence-electron chi connectivity index (χ3n) is 3.70. The van der Waals surface area contributed by atoms with Gasteiger partial charge in [-0.3, -0.25) is 5.04 Å². The Labute approximate surface area is 233 Å². The van der Waals surface area contributed by atoms with Crippen LogP contribution >= 0.6 is 35.6 Å². The Morgan fingerprint density at radius 1 is 0.935 bits per heavy atom. The maximum absolute atomic E-state index is 11.1. The van der Waals surface area contributed by atoms with Gasteiger partial charge in [0.15, 0.2) is 10.3 Å². The summed E-state index contributed by atoms with van der Waals surface area (Å²) < 4.78 is 37.7. The molecule has 31 heavy (non-hydrogen) atoms. The largest absolute Gasteiger partial charge is 1.00 e. The average Bonchev–Trinajstić information content (AvgIpc) is 3.27. The Hall–Kier alpha value is 0.220. The van der Waals surface area contributed by atoms with E-state index in [9.17, 15) is 18.2 Å². The summed E-state index contributed by atoms with van der Waals surface area (Å²) in [6, 6.07) is 9.33. The first-order valence-corrected chi connectivity index (χ1v) is 11.9. The van der Waals surface area contributed by atoms with Crippen molar-refractivity contribution in [3.63, 3.8) is 0 Å². The third kappa shape index (κ3) is 7.10. The molecule has 0 bridgehead atoms. The van der Waals surface area contributed by atoms with Crippen molar-refractivity contribution in [2.75, 3.05) is 5.08 Å². The van der Waals surface area contributed by atoms with Crippen molar-refractivity contribution in [1.82, 2.24) is 19.9 Å². The van der Waals surface area contributed by atoms with Gasteiger partial charge in [-0.1, -0.05) is 23.5 Å². The fourth-order valence-electron chi connectivity index (χ4n) is 2.47. The van der Waals surface area contributed by atoms with Crippen LogP contribution in [0.3, 0.4) is 0 Å². The third-order valence-corrected chi connectivity index (χ3v) is 6.98. The van der Waals surface area contributed by atoms with Crippen LogP contribution in [0.5, 0.6) is 0 Å². The maximum atomic E-state index is 11.1. The Balaban J connectivity index is 0.00000171. The van der Waals surface area contributed by atoms with E-state index < -0.39 is 10.1 Å². The van der Waals surface area contributed by atoms with E-state index in [1.165, 1.54) is 41.7 Å². The molecule has 0 saturated heterocycles. The quantitative estimate of drug-likeness (QED) is 0.0454. The number of aromatic nitrogens is 4. The molecule has 16 heteroatoms. The van der Waals surface area contributed by atoms with Crippen molar-refractivity contribution in [3.8, 4) is 0 Å². The van der Waals surface area contributed by atoms with Gasteiger partial charge in [-0.2, -0.15) is 4.33 Å². The first-order valence-electron chi connectivity index (χ1n) is 7.76. The molecule has 2 N–H and O–H groups in total. The van der Waals surface area contributed by atoms with Gasteiger partial charge in [0.1, 0.15) is 10.1 Å². The summed E-state index contributed by atoms with van der Waals surface area (Å²) in [5, 5.41) is 15.1. The molecular formula is C15H10N4Na2O6S4. The number of aromatic amines is 2. The van der Waals surface area contributed by atoms with E-state index >= 15 is 0 Å². The summed E-state index contributed by atoms with van der Waals surface area (Å²) in [4.78, 5) is 15.4. The number of fused-ring (bicyclic) bond motifs is 2. The number of nitrogens with one attached hydrogen (secondary N) is 2. The predicted molar refractivity (Wildman–Crippen MR) is 105 cm³/mol. The topological polar surface area (TPSA) is 156 Å². The van der Waals surface area contributed by atoms with Crippen LogP contribution in [0.25, 0.3) is 22.1 Å². The molecule has 0 atom stereocenters. The second-order valence-electron chi connectivity index (χ2n) is 5.52. The molecule has 0 amide bonds. The van der Waals surface area contributed by atoms with Crippen LogP contribution in [0.2, 0.25) is 0 Å². The second kappa shape index (κ2) is 12.1. The van der Waals surface area contributed by atoms with Gasteiger partial charge in [-0.05, 0) is 36.4 Å². The van der Waals surface area contributed by atoms with E-state index in [4.69, 9.17) is 0 Å². The van der Waals surface area contributed by atoms with Gasteiger partial charge in [-0.25, -0.2) is 18.4 Å². The van der Waals surface area contributed by atoms with Crippen molar-refractivity contribution in [2.45, 2.75) is 20.1 Å². The minimum atomic E-state index is -4.51. The Bertz CT molecular complexity index is 1280. The van der Waals surface area contributed by atoms with Gasteiger partial charge in [-0.15, -0.1) is 0 Å². The number of imidazole rings is 2. The summed E-state index contributed by atoms with van der Waals surface area (Å²) in [5.74, 6) is 0. The van der Waals surface area contributed by atoms with E-state index in [1.54, 1.807) is 18.2 Å². The molecule has 0 fully saturated rings. The zero-order chi connectivity index (χ0) is 20.4. The number of hydrogen-bond acceptors (Lipinski definition) is 11. The summed E-state index contributed by atoms with van der Waals surface area (Å²) >= 11 is 3.67. The molecule has 4 aromatic rings. The van der Waals surface area contributed by atoms with Crippen LogP contribution in [0.1, 0.15) is 0 Å². The van der Waals surface area contributed by atoms with Gasteiger partial charge >= 0.3 is 59.1 Å². The molecule has 0 aliphatic carbocycles. The van der Waals surface area contributed by atoms with Gasteiger partial charge in [0.2, 0.25) is 0 Å². The summed E-state index contributed by atoms with van der Waals surface area (Å²) in [6.07, 6.45) is 0. The van der Waals surface area contributed by atoms with Crippen LogP contribution < -0.4 is 64.4 Å². The summed E-state index contributed by atoms with van der Waals surface area (Å²) in [5.41, 5.74) is 2.60. The van der Waals surface area contributed by atoms with Crippen molar-refractivity contribution in [2.24, 2.45) is 0 Å². The Kier molecular flexibility index (Phi) is 10.7. The molecule has 0 aliphatic rings. The minimum absolute atomic E-state index is 0. The molecule has 2 heterocycles. The van der Waals surface area contributed by atoms with Gasteiger partial charge < -0.3 is 19.8 Å². The minimum Gasteiger partial charge on any atom is -0.744 e. The van der Waals surface area contributed by atoms with E-state index in [0.29, 0.717) is 31.3 Å². The van der Waals surface area contributed by atoms with Crippen molar-refractivity contribution in [3.05, 3.63) is 36.4 Å². The van der Waals surface area contributed by atoms with Crippen LogP contribution in [-0.2, 0) is 19.5 Å². The molecule has 152 valence electrons. The number of rotatable bonds is 8. The Morgan fingerprint density at radius 2 is 1.52 bits per heavy atom. The van der Waals surface area contributed by atoms with Crippen LogP contribution in [0, 0.1) is 0 Å². The average molecular weight is 517 g/mol. The van der Waals surface area contributed by atoms with Gasteiger partial charge in [0.25, 0.3) is 0 Å². The van der Waals surface area contributed by atoms with Gasteiger partial charge in [0, 0.05) is 4.90 Å². The molecule has 0 radical (unpaired) electrons. The Morgan fingerprint density at radius 3 is 2.10 bits per heavy atom. The molecule has 2 aromatic heterocycles. The SMILES string of the molecule is O=S(=O)([O-])c1ccc2nc(SCSc3nc4ccc(SOO[O-])cc4[nH]3)[nH]c2c1.[Na+].[Na+]. The van der Waals surface area contributed by atoms with Crippen LogP contribution in [0.4, 0.5) is 0 Å². The zero-order valence-corrected chi connectivity index (χ0v) is 23.4. The van der Waals surface area contributed by atoms with Crippen LogP contribution in [-0.4, -0.2) is 38.0 Å². The summed E-state index contributed by atoms with van der Waals surface area (Å²) in [7, 11) is -4.51. The normalized spacial score (nSPS) is 11.4. The number of nitrogens with zero attached hydrogens (tertiary/aromatic N) is 2. The van der Waals surface area contributed by atoms with Crippen molar-refractivity contribution < 1.29 is 86.7 Å². The molecule has 2 aromatic carbocycles. The summed E-state index contributed by atoms with van der Waals surface area (Å²) in [6.45, 7) is 0. The first kappa shape index (κ1) is 27.5. The van der Waals surface area contributed by atoms with E-state index in [0.717, 1.165) is 23.1 Å². The number of hydrogen-bond donors (Lipinski definition) is 2. The fourth-order valence-corrected chi connectivity index (χ4v) is 5.18. The molecule has 0 unspecified atom stereocenters. The fraction of sp³-hybridized carbons (Fsp3) is 0.0667. The zero-order valence-electron chi connectivity index (χ0n) is 16.1. The smallest absolute Gasteiger partial charge is 0.744 e. The van der Waals surface area contributed by atoms with Crippen molar-refractivity contribution >= 4 is 67.8 Å². The van der Waals surface area contributed by atoms with Crippen LogP contribution in [0.15, 0.2) is 56.5 Å². The van der Waals surface area contributed by atoms with Gasteiger partial charge in [0.05, 0.1) is 44.1 Å². The number of H-pyrrole nitrogens is 2. The number of thioether (sulfide) groups is 2. The molecule has 0 aliphatic heterocycles.